The monoisotopic (exact) mass is 351 g/mol. The molecule has 0 radical (unpaired) electrons. The van der Waals surface area contributed by atoms with Crippen LogP contribution in [0.3, 0.4) is 0 Å². The third-order valence-electron chi connectivity index (χ3n) is 4.53. The Morgan fingerprint density at radius 3 is 2.69 bits per heavy atom. The summed E-state index contributed by atoms with van der Waals surface area (Å²) in [6.07, 6.45) is 3.18. The summed E-state index contributed by atoms with van der Waals surface area (Å²) in [7, 11) is 0. The Kier molecular flexibility index (Phi) is 3.67. The summed E-state index contributed by atoms with van der Waals surface area (Å²) in [5.74, 6) is 1.16. The third kappa shape index (κ3) is 2.84. The van der Waals surface area contributed by atoms with Gasteiger partial charge in [0.15, 0.2) is 11.4 Å². The summed E-state index contributed by atoms with van der Waals surface area (Å²) in [5, 5.41) is 4.06. The van der Waals surface area contributed by atoms with Crippen LogP contribution in [0.5, 0.6) is 0 Å². The number of hydrogen-bond donors (Lipinski definition) is 0. The van der Waals surface area contributed by atoms with Crippen molar-refractivity contribution in [3.05, 3.63) is 48.7 Å². The summed E-state index contributed by atoms with van der Waals surface area (Å²) in [6, 6.07) is 10.3. The Labute approximate surface area is 149 Å². The van der Waals surface area contributed by atoms with Crippen molar-refractivity contribution in [1.82, 2.24) is 20.0 Å². The van der Waals surface area contributed by atoms with E-state index in [9.17, 15) is 0 Å². The fraction of sp³-hybridized carbons (Fsp3) is 0.278. The van der Waals surface area contributed by atoms with Crippen molar-refractivity contribution in [2.24, 2.45) is 0 Å². The van der Waals surface area contributed by atoms with E-state index in [2.05, 4.69) is 24.9 Å². The van der Waals surface area contributed by atoms with Crippen molar-refractivity contribution in [2.75, 3.05) is 31.1 Å². The molecule has 1 aliphatic rings. The second kappa shape index (κ2) is 6.30. The summed E-state index contributed by atoms with van der Waals surface area (Å²) in [4.78, 5) is 13.5. The average Bonchev–Trinajstić information content (AvgIpc) is 3.42. The van der Waals surface area contributed by atoms with E-state index in [-0.39, 0.29) is 0 Å². The molecule has 1 aromatic carbocycles. The molecule has 0 aliphatic carbocycles. The third-order valence-corrected chi connectivity index (χ3v) is 4.53. The van der Waals surface area contributed by atoms with E-state index < -0.39 is 0 Å². The highest BCUT2D eigenvalue weighted by Gasteiger charge is 2.22. The molecule has 0 bridgehead atoms. The lowest BCUT2D eigenvalue weighted by Gasteiger charge is -2.32. The minimum atomic E-state index is 0.485. The van der Waals surface area contributed by atoms with Crippen LogP contribution >= 0.6 is 0 Å². The SMILES string of the molecule is c1ccc2oc(N3CCN(Cc4noc(-c5ccoc5)n4)CC3)nc2c1. The standard InChI is InChI=1S/C18H17N5O3/c1-2-4-15-14(3-1)19-18(25-15)23-8-6-22(7-9-23)11-16-20-17(26-21-16)13-5-10-24-12-13/h1-5,10,12H,6-9,11H2. The van der Waals surface area contributed by atoms with Crippen molar-refractivity contribution in [2.45, 2.75) is 6.54 Å². The average molecular weight is 351 g/mol. The molecule has 0 N–H and O–H groups in total. The second-order valence-electron chi connectivity index (χ2n) is 6.26. The first-order chi connectivity index (χ1) is 12.8. The van der Waals surface area contributed by atoms with Gasteiger partial charge >= 0.3 is 0 Å². The molecule has 8 nitrogen and oxygen atoms in total. The van der Waals surface area contributed by atoms with Gasteiger partial charge in [-0.2, -0.15) is 9.97 Å². The number of fused-ring (bicyclic) bond motifs is 1. The van der Waals surface area contributed by atoms with E-state index in [1.165, 1.54) is 0 Å². The normalized spacial score (nSPS) is 15.8. The first-order valence-corrected chi connectivity index (χ1v) is 8.53. The zero-order chi connectivity index (χ0) is 17.3. The van der Waals surface area contributed by atoms with Crippen LogP contribution in [0.25, 0.3) is 22.6 Å². The van der Waals surface area contributed by atoms with Crippen molar-refractivity contribution >= 4 is 17.1 Å². The van der Waals surface area contributed by atoms with Gasteiger partial charge in [0.2, 0.25) is 0 Å². The Hall–Kier alpha value is -3.13. The number of nitrogens with zero attached hydrogens (tertiary/aromatic N) is 5. The van der Waals surface area contributed by atoms with Gasteiger partial charge in [0.25, 0.3) is 11.9 Å². The van der Waals surface area contributed by atoms with Crippen LogP contribution in [0.1, 0.15) is 5.82 Å². The maximum absolute atomic E-state index is 5.85. The first kappa shape index (κ1) is 15.2. The molecule has 4 aromatic rings. The van der Waals surface area contributed by atoms with Crippen LogP contribution in [0, 0.1) is 0 Å². The van der Waals surface area contributed by atoms with E-state index in [0.29, 0.717) is 24.3 Å². The number of rotatable bonds is 4. The van der Waals surface area contributed by atoms with Crippen LogP contribution in [-0.2, 0) is 6.54 Å². The number of oxazole rings is 1. The molecule has 1 aliphatic heterocycles. The van der Waals surface area contributed by atoms with Crippen LogP contribution in [0.15, 0.2) is 56.2 Å². The smallest absolute Gasteiger partial charge is 0.298 e. The van der Waals surface area contributed by atoms with Crippen LogP contribution in [0.4, 0.5) is 6.01 Å². The van der Waals surface area contributed by atoms with Gasteiger partial charge in [-0.25, -0.2) is 0 Å². The van der Waals surface area contributed by atoms with E-state index in [0.717, 1.165) is 42.8 Å². The zero-order valence-corrected chi connectivity index (χ0v) is 14.0. The minimum absolute atomic E-state index is 0.485. The number of benzene rings is 1. The van der Waals surface area contributed by atoms with Gasteiger partial charge in [-0.1, -0.05) is 17.3 Å². The molecule has 1 saturated heterocycles. The molecule has 0 amide bonds. The fourth-order valence-electron chi connectivity index (χ4n) is 3.11. The van der Waals surface area contributed by atoms with Gasteiger partial charge in [-0.3, -0.25) is 4.90 Å². The van der Waals surface area contributed by atoms with E-state index >= 15 is 0 Å². The summed E-state index contributed by atoms with van der Waals surface area (Å²) < 4.78 is 16.2. The zero-order valence-electron chi connectivity index (χ0n) is 14.0. The lowest BCUT2D eigenvalue weighted by molar-refractivity contribution is 0.236. The summed E-state index contributed by atoms with van der Waals surface area (Å²) >= 11 is 0. The molecule has 0 saturated carbocycles. The number of anilines is 1. The molecule has 8 heteroatoms. The maximum Gasteiger partial charge on any atom is 0.298 e. The summed E-state index contributed by atoms with van der Waals surface area (Å²) in [6.45, 7) is 4.11. The molecule has 0 atom stereocenters. The van der Waals surface area contributed by atoms with Gasteiger partial charge in [0.1, 0.15) is 11.8 Å². The van der Waals surface area contributed by atoms with E-state index in [1.54, 1.807) is 18.6 Å². The minimum Gasteiger partial charge on any atom is -0.472 e. The maximum atomic E-state index is 5.85. The molecule has 0 unspecified atom stereocenters. The van der Waals surface area contributed by atoms with Gasteiger partial charge in [0, 0.05) is 26.2 Å². The van der Waals surface area contributed by atoms with Crippen LogP contribution in [0.2, 0.25) is 0 Å². The highest BCUT2D eigenvalue weighted by Crippen LogP contribution is 2.23. The molecular formula is C18H17N5O3. The molecular weight excluding hydrogens is 334 g/mol. The quantitative estimate of drug-likeness (QED) is 0.555. The Morgan fingerprint density at radius 2 is 1.88 bits per heavy atom. The van der Waals surface area contributed by atoms with Crippen LogP contribution in [-0.4, -0.2) is 46.2 Å². The topological polar surface area (TPSA) is 84.6 Å². The fourth-order valence-corrected chi connectivity index (χ4v) is 3.11. The highest BCUT2D eigenvalue weighted by atomic mass is 16.5. The van der Waals surface area contributed by atoms with Crippen molar-refractivity contribution in [1.29, 1.82) is 0 Å². The van der Waals surface area contributed by atoms with Gasteiger partial charge in [-0.15, -0.1) is 0 Å². The van der Waals surface area contributed by atoms with E-state index in [1.807, 2.05) is 24.3 Å². The van der Waals surface area contributed by atoms with Gasteiger partial charge < -0.3 is 18.3 Å². The summed E-state index contributed by atoms with van der Waals surface area (Å²) in [5.41, 5.74) is 2.51. The predicted molar refractivity (Wildman–Crippen MR) is 93.5 cm³/mol. The number of aromatic nitrogens is 3. The highest BCUT2D eigenvalue weighted by molar-refractivity contribution is 5.74. The number of piperazine rings is 1. The molecule has 132 valence electrons. The molecule has 26 heavy (non-hydrogen) atoms. The molecule has 5 rings (SSSR count). The molecule has 1 fully saturated rings. The van der Waals surface area contributed by atoms with Crippen molar-refractivity contribution in [3.8, 4) is 11.5 Å². The Morgan fingerprint density at radius 1 is 1.00 bits per heavy atom. The largest absolute Gasteiger partial charge is 0.472 e. The van der Waals surface area contributed by atoms with Crippen molar-refractivity contribution < 1.29 is 13.4 Å². The lowest BCUT2D eigenvalue weighted by Crippen LogP contribution is -2.46. The lowest BCUT2D eigenvalue weighted by atomic mass is 10.3. The first-order valence-electron chi connectivity index (χ1n) is 8.53. The van der Waals surface area contributed by atoms with Crippen molar-refractivity contribution in [3.63, 3.8) is 0 Å². The molecule has 4 heterocycles. The second-order valence-corrected chi connectivity index (χ2v) is 6.26. The van der Waals surface area contributed by atoms with Gasteiger partial charge in [0.05, 0.1) is 18.4 Å². The predicted octanol–water partition coefficient (Wildman–Crippen LogP) is 2.79. The Balaban J connectivity index is 1.22. The number of furan rings is 1. The molecule has 3 aromatic heterocycles. The Bertz CT molecular complexity index is 966. The molecule has 0 spiro atoms. The van der Waals surface area contributed by atoms with Gasteiger partial charge in [-0.05, 0) is 18.2 Å². The van der Waals surface area contributed by atoms with Crippen LogP contribution < -0.4 is 4.90 Å². The number of para-hydroxylation sites is 2. The van der Waals surface area contributed by atoms with E-state index in [4.69, 9.17) is 13.4 Å². The number of hydrogen-bond acceptors (Lipinski definition) is 8.